The van der Waals surface area contributed by atoms with E-state index in [1.54, 1.807) is 18.6 Å². The lowest BCUT2D eigenvalue weighted by atomic mass is 10.3. The molecule has 0 aliphatic carbocycles. The van der Waals surface area contributed by atoms with Crippen molar-refractivity contribution in [2.75, 3.05) is 5.32 Å². The molecule has 0 unspecified atom stereocenters. The summed E-state index contributed by atoms with van der Waals surface area (Å²) in [5.74, 6) is 0.663. The number of aromatic amines is 1. The molecule has 0 fully saturated rings. The largest absolute Gasteiger partial charge is 0.365 e. The zero-order valence-corrected chi connectivity index (χ0v) is 8.66. The predicted octanol–water partition coefficient (Wildman–Crippen LogP) is 1.54. The topological polar surface area (TPSA) is 66.5 Å². The van der Waals surface area contributed by atoms with Crippen molar-refractivity contribution in [1.82, 2.24) is 20.2 Å². The summed E-state index contributed by atoms with van der Waals surface area (Å²) in [7, 11) is 0. The summed E-state index contributed by atoms with van der Waals surface area (Å²) in [4.78, 5) is 8.00. The Balaban J connectivity index is 2.02. The number of pyridine rings is 1. The van der Waals surface area contributed by atoms with E-state index in [1.165, 1.54) is 0 Å². The summed E-state index contributed by atoms with van der Waals surface area (Å²) in [6.45, 7) is 0.677. The molecule has 2 N–H and O–H groups in total. The van der Waals surface area contributed by atoms with Gasteiger partial charge in [0.05, 0.1) is 6.20 Å². The first kappa shape index (κ1) is 9.72. The van der Waals surface area contributed by atoms with Gasteiger partial charge in [0.2, 0.25) is 4.77 Å². The van der Waals surface area contributed by atoms with Crippen molar-refractivity contribution in [2.45, 2.75) is 6.54 Å². The van der Waals surface area contributed by atoms with Crippen LogP contribution in [0.1, 0.15) is 5.56 Å². The van der Waals surface area contributed by atoms with Crippen molar-refractivity contribution >= 4 is 18.0 Å². The molecule has 2 aromatic heterocycles. The first-order chi connectivity index (χ1) is 7.34. The Bertz CT molecular complexity index is 481. The van der Waals surface area contributed by atoms with Crippen molar-refractivity contribution in [2.24, 2.45) is 0 Å². The second-order valence-corrected chi connectivity index (χ2v) is 3.27. The van der Waals surface area contributed by atoms with Gasteiger partial charge in [-0.25, -0.2) is 4.98 Å². The molecule has 2 heterocycles. The maximum atomic E-state index is 4.85. The lowest BCUT2D eigenvalue weighted by molar-refractivity contribution is 0.938. The minimum atomic E-state index is 0.370. The van der Waals surface area contributed by atoms with Crippen molar-refractivity contribution in [3.05, 3.63) is 41.1 Å². The van der Waals surface area contributed by atoms with Gasteiger partial charge in [-0.05, 0) is 29.9 Å². The van der Waals surface area contributed by atoms with Crippen molar-refractivity contribution in [3.8, 4) is 0 Å². The molecule has 0 aromatic carbocycles. The van der Waals surface area contributed by atoms with Crippen LogP contribution in [0.25, 0.3) is 0 Å². The Morgan fingerprint density at radius 1 is 1.33 bits per heavy atom. The molecular weight excluding hydrogens is 210 g/mol. The van der Waals surface area contributed by atoms with Crippen LogP contribution in [0, 0.1) is 4.77 Å². The molecule has 76 valence electrons. The molecular formula is C9H9N5S. The summed E-state index contributed by atoms with van der Waals surface area (Å²) >= 11 is 4.85. The highest BCUT2D eigenvalue weighted by molar-refractivity contribution is 7.71. The molecule has 0 aliphatic rings. The number of hydrogen-bond acceptors (Lipinski definition) is 5. The van der Waals surface area contributed by atoms with E-state index < -0.39 is 0 Å². The van der Waals surface area contributed by atoms with E-state index in [1.807, 2.05) is 12.1 Å². The second kappa shape index (κ2) is 4.61. The van der Waals surface area contributed by atoms with E-state index in [0.29, 0.717) is 17.1 Å². The highest BCUT2D eigenvalue weighted by Crippen LogP contribution is 2.02. The van der Waals surface area contributed by atoms with Crippen LogP contribution in [0.5, 0.6) is 0 Å². The van der Waals surface area contributed by atoms with Gasteiger partial charge in [0, 0.05) is 18.9 Å². The molecule has 0 radical (unpaired) electrons. The molecule has 2 rings (SSSR count). The van der Waals surface area contributed by atoms with E-state index in [4.69, 9.17) is 12.2 Å². The molecule has 0 amide bonds. The standard InChI is InChI=1S/C9H9N5S/c15-9-13-8(6-12-14-9)11-5-7-1-3-10-4-2-7/h1-4,6H,5H2,(H2,11,13,14,15). The van der Waals surface area contributed by atoms with E-state index in [0.717, 1.165) is 5.56 Å². The molecule has 2 aromatic rings. The van der Waals surface area contributed by atoms with Gasteiger partial charge in [0.1, 0.15) is 5.82 Å². The average Bonchev–Trinajstić information content (AvgIpc) is 2.28. The average molecular weight is 219 g/mol. The van der Waals surface area contributed by atoms with Crippen molar-refractivity contribution in [1.29, 1.82) is 0 Å². The molecule has 0 spiro atoms. The highest BCUT2D eigenvalue weighted by atomic mass is 32.1. The van der Waals surface area contributed by atoms with Crippen LogP contribution in [0.3, 0.4) is 0 Å². The monoisotopic (exact) mass is 219 g/mol. The molecule has 0 aliphatic heterocycles. The number of nitrogens with one attached hydrogen (secondary N) is 2. The summed E-state index contributed by atoms with van der Waals surface area (Å²) in [6, 6.07) is 3.87. The maximum Gasteiger partial charge on any atom is 0.215 e. The van der Waals surface area contributed by atoms with Crippen LogP contribution in [0.4, 0.5) is 5.82 Å². The van der Waals surface area contributed by atoms with Crippen molar-refractivity contribution < 1.29 is 0 Å². The van der Waals surface area contributed by atoms with Crippen LogP contribution >= 0.6 is 12.2 Å². The van der Waals surface area contributed by atoms with Crippen LogP contribution in [-0.2, 0) is 6.54 Å². The Morgan fingerprint density at radius 2 is 2.13 bits per heavy atom. The van der Waals surface area contributed by atoms with Crippen LogP contribution in [-0.4, -0.2) is 20.2 Å². The van der Waals surface area contributed by atoms with Crippen LogP contribution in [0.2, 0.25) is 0 Å². The Labute approximate surface area is 91.6 Å². The van der Waals surface area contributed by atoms with Gasteiger partial charge >= 0.3 is 0 Å². The van der Waals surface area contributed by atoms with Crippen LogP contribution in [0.15, 0.2) is 30.7 Å². The fourth-order valence-electron chi connectivity index (χ4n) is 1.09. The SMILES string of the molecule is S=c1nc(NCc2ccncc2)cn[nH]1. The number of anilines is 1. The Kier molecular flexibility index (Phi) is 2.99. The lowest BCUT2D eigenvalue weighted by Crippen LogP contribution is -2.02. The minimum absolute atomic E-state index is 0.370. The highest BCUT2D eigenvalue weighted by Gasteiger charge is 1.94. The van der Waals surface area contributed by atoms with E-state index in [2.05, 4.69) is 25.5 Å². The fourth-order valence-corrected chi connectivity index (χ4v) is 1.24. The van der Waals surface area contributed by atoms with Gasteiger partial charge in [-0.15, -0.1) is 0 Å². The lowest BCUT2D eigenvalue weighted by Gasteiger charge is -2.03. The normalized spacial score (nSPS) is 9.87. The minimum Gasteiger partial charge on any atom is -0.365 e. The third-order valence-corrected chi connectivity index (χ3v) is 1.97. The van der Waals surface area contributed by atoms with Crippen molar-refractivity contribution in [3.63, 3.8) is 0 Å². The molecule has 0 bridgehead atoms. The van der Waals surface area contributed by atoms with Gasteiger partial charge in [-0.3, -0.25) is 10.1 Å². The number of rotatable bonds is 3. The smallest absolute Gasteiger partial charge is 0.215 e. The Morgan fingerprint density at radius 3 is 2.87 bits per heavy atom. The zero-order chi connectivity index (χ0) is 10.5. The van der Waals surface area contributed by atoms with E-state index >= 15 is 0 Å². The molecule has 15 heavy (non-hydrogen) atoms. The van der Waals surface area contributed by atoms with Gasteiger partial charge in [0.15, 0.2) is 0 Å². The van der Waals surface area contributed by atoms with Gasteiger partial charge < -0.3 is 5.32 Å². The zero-order valence-electron chi connectivity index (χ0n) is 7.84. The predicted molar refractivity (Wildman–Crippen MR) is 58.8 cm³/mol. The van der Waals surface area contributed by atoms with E-state index in [-0.39, 0.29) is 0 Å². The van der Waals surface area contributed by atoms with Gasteiger partial charge in [-0.1, -0.05) is 0 Å². The van der Waals surface area contributed by atoms with Crippen LogP contribution < -0.4 is 5.32 Å². The molecule has 6 heteroatoms. The summed E-state index contributed by atoms with van der Waals surface area (Å²) in [6.07, 6.45) is 5.09. The first-order valence-electron chi connectivity index (χ1n) is 4.39. The summed E-state index contributed by atoms with van der Waals surface area (Å²) in [5.41, 5.74) is 1.13. The second-order valence-electron chi connectivity index (χ2n) is 2.88. The summed E-state index contributed by atoms with van der Waals surface area (Å²) < 4.78 is 0.370. The van der Waals surface area contributed by atoms with Gasteiger partial charge in [-0.2, -0.15) is 5.10 Å². The van der Waals surface area contributed by atoms with Gasteiger partial charge in [0.25, 0.3) is 0 Å². The first-order valence-corrected chi connectivity index (χ1v) is 4.80. The molecule has 0 atom stereocenters. The number of aromatic nitrogens is 4. The number of hydrogen-bond donors (Lipinski definition) is 2. The summed E-state index contributed by atoms with van der Waals surface area (Å²) in [5, 5.41) is 9.52. The van der Waals surface area contributed by atoms with E-state index in [9.17, 15) is 0 Å². The molecule has 5 nitrogen and oxygen atoms in total. The maximum absolute atomic E-state index is 4.85. The fraction of sp³-hybridized carbons (Fsp3) is 0.111. The third kappa shape index (κ3) is 2.81. The third-order valence-electron chi connectivity index (χ3n) is 1.79. The number of nitrogens with zero attached hydrogens (tertiary/aromatic N) is 3. The Hall–Kier alpha value is -1.82. The molecule has 0 saturated carbocycles. The number of H-pyrrole nitrogens is 1. The quantitative estimate of drug-likeness (QED) is 0.766. The molecule has 0 saturated heterocycles.